The molecule has 19 heavy (non-hydrogen) atoms. The molecule has 0 fully saturated rings. The lowest BCUT2D eigenvalue weighted by molar-refractivity contribution is -0.0438. The van der Waals surface area contributed by atoms with Crippen LogP contribution >= 0.6 is 0 Å². The number of hydrogen-bond donors (Lipinski definition) is 3. The minimum Gasteiger partial charge on any atom is -0.507 e. The fourth-order valence-corrected chi connectivity index (χ4v) is 1.77. The van der Waals surface area contributed by atoms with Crippen molar-refractivity contribution in [1.82, 2.24) is 5.01 Å². The van der Waals surface area contributed by atoms with Gasteiger partial charge >= 0.3 is 0 Å². The number of aromatic hydroxyl groups is 1. The van der Waals surface area contributed by atoms with Crippen LogP contribution in [-0.2, 0) is 6.54 Å². The van der Waals surface area contributed by atoms with E-state index in [1.165, 1.54) is 12.1 Å². The predicted octanol–water partition coefficient (Wildman–Crippen LogP) is 1.72. The van der Waals surface area contributed by atoms with Gasteiger partial charge in [-0.1, -0.05) is 26.0 Å². The van der Waals surface area contributed by atoms with E-state index in [2.05, 4.69) is 18.9 Å². The Hall–Kier alpha value is -1.85. The van der Waals surface area contributed by atoms with Gasteiger partial charge in [0.05, 0.1) is 6.54 Å². The highest BCUT2D eigenvalue weighted by molar-refractivity contribution is 5.68. The van der Waals surface area contributed by atoms with E-state index in [1.807, 2.05) is 18.5 Å². The zero-order valence-electron chi connectivity index (χ0n) is 11.0. The van der Waals surface area contributed by atoms with E-state index in [4.69, 9.17) is 10.2 Å². The lowest BCUT2D eigenvalue weighted by atomic mass is 9.95. The fourth-order valence-electron chi connectivity index (χ4n) is 1.77. The number of allylic oxidation sites excluding steroid dienone is 1. The SMILES string of the molecule is CC1(C)C=CN(Cc2ccc(C(O)O)c(O)c2)N=C1. The summed E-state index contributed by atoms with van der Waals surface area (Å²) in [5.74, 6) is -0.127. The zero-order valence-corrected chi connectivity index (χ0v) is 11.0. The number of aliphatic hydroxyl groups excluding tert-OH is 1. The Morgan fingerprint density at radius 3 is 2.58 bits per heavy atom. The molecule has 3 N–H and O–H groups in total. The van der Waals surface area contributed by atoms with Gasteiger partial charge in [-0.2, -0.15) is 5.10 Å². The number of benzene rings is 1. The van der Waals surface area contributed by atoms with Crippen LogP contribution in [0.15, 0.2) is 35.6 Å². The van der Waals surface area contributed by atoms with Crippen molar-refractivity contribution in [3.8, 4) is 5.75 Å². The van der Waals surface area contributed by atoms with Crippen molar-refractivity contribution < 1.29 is 15.3 Å². The van der Waals surface area contributed by atoms with Crippen LogP contribution in [0.1, 0.15) is 31.3 Å². The first-order valence-corrected chi connectivity index (χ1v) is 6.06. The van der Waals surface area contributed by atoms with Crippen molar-refractivity contribution in [1.29, 1.82) is 0 Å². The van der Waals surface area contributed by atoms with Gasteiger partial charge in [0.25, 0.3) is 0 Å². The number of hydrogen-bond acceptors (Lipinski definition) is 5. The summed E-state index contributed by atoms with van der Waals surface area (Å²) in [6.45, 7) is 4.64. The third-order valence-electron chi connectivity index (χ3n) is 2.93. The number of phenolic OH excluding ortho intramolecular Hbond substituents is 1. The molecule has 0 saturated heterocycles. The predicted molar refractivity (Wildman–Crippen MR) is 72.2 cm³/mol. The molecule has 5 nitrogen and oxygen atoms in total. The summed E-state index contributed by atoms with van der Waals surface area (Å²) in [5, 5.41) is 33.8. The molecule has 5 heteroatoms. The van der Waals surface area contributed by atoms with E-state index >= 15 is 0 Å². The Balaban J connectivity index is 2.09. The minimum absolute atomic E-state index is 0.0382. The maximum Gasteiger partial charge on any atom is 0.182 e. The molecule has 1 heterocycles. The van der Waals surface area contributed by atoms with Crippen LogP contribution in [0, 0.1) is 5.41 Å². The Morgan fingerprint density at radius 2 is 2.05 bits per heavy atom. The average molecular weight is 262 g/mol. The van der Waals surface area contributed by atoms with Crippen molar-refractivity contribution in [3.05, 3.63) is 41.6 Å². The Kier molecular flexibility index (Phi) is 3.59. The normalized spacial score (nSPS) is 17.2. The van der Waals surface area contributed by atoms with Crippen molar-refractivity contribution in [2.75, 3.05) is 0 Å². The van der Waals surface area contributed by atoms with Gasteiger partial charge in [0, 0.05) is 23.4 Å². The van der Waals surface area contributed by atoms with Crippen molar-refractivity contribution >= 4 is 6.21 Å². The maximum absolute atomic E-state index is 9.68. The second-order valence-corrected chi connectivity index (χ2v) is 5.25. The molecule has 1 aromatic carbocycles. The second kappa shape index (κ2) is 5.03. The summed E-state index contributed by atoms with van der Waals surface area (Å²) >= 11 is 0. The minimum atomic E-state index is -1.66. The van der Waals surface area contributed by atoms with Crippen molar-refractivity contribution in [2.45, 2.75) is 26.7 Å². The first-order valence-electron chi connectivity index (χ1n) is 6.06. The van der Waals surface area contributed by atoms with Crippen LogP contribution in [0.5, 0.6) is 5.75 Å². The number of nitrogens with zero attached hydrogens (tertiary/aromatic N) is 2. The number of rotatable bonds is 3. The van der Waals surface area contributed by atoms with Gasteiger partial charge in [-0.05, 0) is 17.7 Å². The van der Waals surface area contributed by atoms with E-state index in [0.29, 0.717) is 6.54 Å². The van der Waals surface area contributed by atoms with Crippen LogP contribution < -0.4 is 0 Å². The molecule has 1 aliphatic heterocycles. The highest BCUT2D eigenvalue weighted by Crippen LogP contribution is 2.25. The van der Waals surface area contributed by atoms with Gasteiger partial charge in [0.15, 0.2) is 6.29 Å². The molecule has 0 amide bonds. The summed E-state index contributed by atoms with van der Waals surface area (Å²) in [6.07, 6.45) is 4.14. The fraction of sp³-hybridized carbons (Fsp3) is 0.357. The summed E-state index contributed by atoms with van der Waals surface area (Å²) in [6, 6.07) is 4.74. The molecular formula is C14H18N2O3. The number of phenols is 1. The third-order valence-corrected chi connectivity index (χ3v) is 2.93. The van der Waals surface area contributed by atoms with Gasteiger partial charge < -0.3 is 15.3 Å². The van der Waals surface area contributed by atoms with Gasteiger partial charge in [0.1, 0.15) is 5.75 Å². The molecule has 1 aliphatic rings. The molecule has 0 radical (unpaired) electrons. The molecule has 0 unspecified atom stereocenters. The Bertz CT molecular complexity index is 505. The lowest BCUT2D eigenvalue weighted by Gasteiger charge is -2.24. The lowest BCUT2D eigenvalue weighted by Crippen LogP contribution is -2.21. The van der Waals surface area contributed by atoms with Gasteiger partial charge in [-0.3, -0.25) is 5.01 Å². The molecule has 2 rings (SSSR count). The summed E-state index contributed by atoms with van der Waals surface area (Å²) in [4.78, 5) is 0. The van der Waals surface area contributed by atoms with E-state index in [9.17, 15) is 5.11 Å². The molecule has 0 spiro atoms. The zero-order chi connectivity index (χ0) is 14.0. The molecule has 0 aromatic heterocycles. The number of aliphatic hydroxyl groups is 2. The van der Waals surface area contributed by atoms with Crippen LogP contribution in [0.3, 0.4) is 0 Å². The number of hydrazone groups is 1. The molecular weight excluding hydrogens is 244 g/mol. The highest BCUT2D eigenvalue weighted by Gasteiger charge is 2.16. The standard InChI is InChI=1S/C14H18N2O3/c1-14(2)5-6-16(15-9-14)8-10-3-4-11(13(18)19)12(17)7-10/h3-7,9,13,17-19H,8H2,1-2H3. The second-order valence-electron chi connectivity index (χ2n) is 5.25. The van der Waals surface area contributed by atoms with Crippen molar-refractivity contribution in [3.63, 3.8) is 0 Å². The maximum atomic E-state index is 9.68. The van der Waals surface area contributed by atoms with E-state index in [1.54, 1.807) is 11.1 Å². The largest absolute Gasteiger partial charge is 0.507 e. The molecule has 0 aliphatic carbocycles. The van der Waals surface area contributed by atoms with Crippen LogP contribution in [0.4, 0.5) is 0 Å². The quantitative estimate of drug-likeness (QED) is 0.725. The Morgan fingerprint density at radius 1 is 1.32 bits per heavy atom. The molecule has 0 saturated carbocycles. The third kappa shape index (κ3) is 3.33. The topological polar surface area (TPSA) is 76.3 Å². The van der Waals surface area contributed by atoms with E-state index < -0.39 is 6.29 Å². The first-order chi connectivity index (χ1) is 8.87. The molecule has 0 bridgehead atoms. The Labute approximate surface area is 112 Å². The van der Waals surface area contributed by atoms with E-state index in [0.717, 1.165) is 5.56 Å². The van der Waals surface area contributed by atoms with Gasteiger partial charge in [-0.25, -0.2) is 0 Å². The van der Waals surface area contributed by atoms with Crippen molar-refractivity contribution in [2.24, 2.45) is 10.5 Å². The van der Waals surface area contributed by atoms with E-state index in [-0.39, 0.29) is 16.7 Å². The highest BCUT2D eigenvalue weighted by atomic mass is 16.5. The first kappa shape index (κ1) is 13.6. The van der Waals surface area contributed by atoms with Gasteiger partial charge in [-0.15, -0.1) is 0 Å². The average Bonchev–Trinajstić information content (AvgIpc) is 2.31. The van der Waals surface area contributed by atoms with Crippen LogP contribution in [0.25, 0.3) is 0 Å². The molecule has 102 valence electrons. The summed E-state index contributed by atoms with van der Waals surface area (Å²) in [5.41, 5.74) is 0.898. The van der Waals surface area contributed by atoms with Crippen LogP contribution in [0.2, 0.25) is 0 Å². The molecule has 0 atom stereocenters. The molecule has 1 aromatic rings. The summed E-state index contributed by atoms with van der Waals surface area (Å²) < 4.78 is 0. The monoisotopic (exact) mass is 262 g/mol. The summed E-state index contributed by atoms with van der Waals surface area (Å²) in [7, 11) is 0. The van der Waals surface area contributed by atoms with Gasteiger partial charge in [0.2, 0.25) is 0 Å². The van der Waals surface area contributed by atoms with Crippen LogP contribution in [-0.4, -0.2) is 26.5 Å². The smallest absolute Gasteiger partial charge is 0.182 e.